The molecule has 1 amide bonds. The van der Waals surface area contributed by atoms with Gasteiger partial charge in [-0.05, 0) is 38.0 Å². The van der Waals surface area contributed by atoms with Gasteiger partial charge in [0.15, 0.2) is 0 Å². The molecule has 3 rings (SSSR count). The van der Waals surface area contributed by atoms with Crippen LogP contribution in [0.2, 0.25) is 0 Å². The van der Waals surface area contributed by atoms with E-state index in [0.717, 1.165) is 45.6 Å². The van der Waals surface area contributed by atoms with Crippen LogP contribution in [0.15, 0.2) is 36.6 Å². The molecule has 1 saturated heterocycles. The second-order valence-electron chi connectivity index (χ2n) is 6.23. The molecular formula is C19H26N2O3. The van der Waals surface area contributed by atoms with Crippen molar-refractivity contribution in [3.63, 3.8) is 0 Å². The smallest absolute Gasteiger partial charge is 0.257 e. The van der Waals surface area contributed by atoms with E-state index in [-0.39, 0.29) is 12.0 Å². The zero-order valence-corrected chi connectivity index (χ0v) is 14.3. The van der Waals surface area contributed by atoms with E-state index in [0.29, 0.717) is 17.9 Å². The molecule has 1 unspecified atom stereocenters. The van der Waals surface area contributed by atoms with Crippen molar-refractivity contribution in [2.45, 2.75) is 25.9 Å². The van der Waals surface area contributed by atoms with Gasteiger partial charge in [0.1, 0.15) is 11.9 Å². The Bertz CT molecular complexity index is 580. The van der Waals surface area contributed by atoms with E-state index < -0.39 is 0 Å². The Morgan fingerprint density at radius 1 is 1.25 bits per heavy atom. The number of carbonyl (C=O) groups is 1. The summed E-state index contributed by atoms with van der Waals surface area (Å²) in [5.41, 5.74) is 0.661. The van der Waals surface area contributed by atoms with Gasteiger partial charge in [0.25, 0.3) is 5.91 Å². The van der Waals surface area contributed by atoms with Crippen LogP contribution in [0.3, 0.4) is 0 Å². The van der Waals surface area contributed by atoms with Crippen LogP contribution >= 0.6 is 0 Å². The van der Waals surface area contributed by atoms with E-state index in [4.69, 9.17) is 9.47 Å². The van der Waals surface area contributed by atoms with E-state index in [1.807, 2.05) is 42.4 Å². The summed E-state index contributed by atoms with van der Waals surface area (Å²) in [5.74, 6) is 0.741. The Balaban J connectivity index is 1.54. The Morgan fingerprint density at radius 2 is 2.04 bits per heavy atom. The molecule has 0 bridgehead atoms. The van der Waals surface area contributed by atoms with Gasteiger partial charge in [-0.3, -0.25) is 9.69 Å². The number of carbonyl (C=O) groups excluding carboxylic acids is 1. The maximum atomic E-state index is 12.8. The van der Waals surface area contributed by atoms with Crippen LogP contribution < -0.4 is 4.74 Å². The van der Waals surface area contributed by atoms with E-state index in [2.05, 4.69) is 11.0 Å². The summed E-state index contributed by atoms with van der Waals surface area (Å²) in [6, 6.07) is 7.50. The maximum Gasteiger partial charge on any atom is 0.257 e. The highest BCUT2D eigenvalue weighted by Gasteiger charge is 2.25. The van der Waals surface area contributed by atoms with Crippen LogP contribution in [-0.2, 0) is 4.74 Å². The van der Waals surface area contributed by atoms with Gasteiger partial charge in [0.05, 0.1) is 18.4 Å². The van der Waals surface area contributed by atoms with Crippen molar-refractivity contribution in [3.8, 4) is 5.75 Å². The monoisotopic (exact) mass is 330 g/mol. The van der Waals surface area contributed by atoms with Gasteiger partial charge < -0.3 is 14.4 Å². The van der Waals surface area contributed by atoms with Crippen molar-refractivity contribution in [2.24, 2.45) is 0 Å². The van der Waals surface area contributed by atoms with Gasteiger partial charge in [0.2, 0.25) is 0 Å². The number of nitrogens with zero attached hydrogens (tertiary/aromatic N) is 2. The number of para-hydroxylation sites is 1. The molecule has 2 heterocycles. The molecule has 0 aliphatic carbocycles. The predicted octanol–water partition coefficient (Wildman–Crippen LogP) is 2.54. The number of hydrogen-bond acceptors (Lipinski definition) is 4. The molecule has 0 spiro atoms. The lowest BCUT2D eigenvalue weighted by molar-refractivity contribution is 0.0442. The summed E-state index contributed by atoms with van der Waals surface area (Å²) >= 11 is 0. The molecule has 2 aliphatic rings. The van der Waals surface area contributed by atoms with Gasteiger partial charge in [-0.25, -0.2) is 0 Å². The van der Waals surface area contributed by atoms with Gasteiger partial charge in [0, 0.05) is 32.7 Å². The summed E-state index contributed by atoms with van der Waals surface area (Å²) in [7, 11) is 0. The number of allylic oxidation sites excluding steroid dienone is 1. The van der Waals surface area contributed by atoms with Crippen molar-refractivity contribution in [2.75, 3.05) is 39.3 Å². The first-order chi connectivity index (χ1) is 11.8. The fourth-order valence-electron chi connectivity index (χ4n) is 3.24. The molecule has 5 nitrogen and oxygen atoms in total. The van der Waals surface area contributed by atoms with Crippen molar-refractivity contribution in [1.29, 1.82) is 0 Å². The average Bonchev–Trinajstić information content (AvgIpc) is 2.63. The van der Waals surface area contributed by atoms with E-state index >= 15 is 0 Å². The molecular weight excluding hydrogens is 304 g/mol. The Kier molecular flexibility index (Phi) is 5.75. The predicted molar refractivity (Wildman–Crippen MR) is 93.2 cm³/mol. The lowest BCUT2D eigenvalue weighted by atomic mass is 10.1. The standard InChI is InChI=1S/C19H26N2O3/c1-2-23-18-9-4-3-8-17(18)19(22)21-12-10-20(11-13-21)15-16-7-5-6-14-24-16/h3-4,6,8-9,14,16H,2,5,7,10-13,15H2,1H3. The molecule has 0 radical (unpaired) electrons. The number of benzene rings is 1. The van der Waals surface area contributed by atoms with E-state index in [9.17, 15) is 4.79 Å². The second kappa shape index (κ2) is 8.20. The summed E-state index contributed by atoms with van der Waals surface area (Å²) in [6.45, 7) is 6.74. The first kappa shape index (κ1) is 16.8. The molecule has 2 aliphatic heterocycles. The lowest BCUT2D eigenvalue weighted by Crippen LogP contribution is -2.50. The minimum atomic E-state index is 0.0653. The highest BCUT2D eigenvalue weighted by molar-refractivity contribution is 5.97. The van der Waals surface area contributed by atoms with Gasteiger partial charge >= 0.3 is 0 Å². The number of ether oxygens (including phenoxy) is 2. The Labute approximate surface area is 143 Å². The molecule has 130 valence electrons. The van der Waals surface area contributed by atoms with Crippen LogP contribution in [0, 0.1) is 0 Å². The Morgan fingerprint density at radius 3 is 2.75 bits per heavy atom. The lowest BCUT2D eigenvalue weighted by Gasteiger charge is -2.36. The minimum Gasteiger partial charge on any atom is -0.497 e. The normalized spacial score (nSPS) is 21.4. The average molecular weight is 330 g/mol. The molecule has 5 heteroatoms. The number of rotatable bonds is 5. The molecule has 1 fully saturated rings. The zero-order valence-electron chi connectivity index (χ0n) is 14.3. The summed E-state index contributed by atoms with van der Waals surface area (Å²) in [6.07, 6.45) is 6.35. The van der Waals surface area contributed by atoms with E-state index in [1.54, 1.807) is 0 Å². The molecule has 1 aromatic rings. The quantitative estimate of drug-likeness (QED) is 0.832. The molecule has 0 aromatic heterocycles. The SMILES string of the molecule is CCOc1ccccc1C(=O)N1CCN(CC2CCC=CO2)CC1. The molecule has 24 heavy (non-hydrogen) atoms. The second-order valence-corrected chi connectivity index (χ2v) is 6.23. The van der Waals surface area contributed by atoms with Crippen molar-refractivity contribution in [3.05, 3.63) is 42.2 Å². The van der Waals surface area contributed by atoms with Crippen LogP contribution in [0.5, 0.6) is 5.75 Å². The van der Waals surface area contributed by atoms with Crippen molar-refractivity contribution < 1.29 is 14.3 Å². The Hall–Kier alpha value is -2.01. The summed E-state index contributed by atoms with van der Waals surface area (Å²) in [5, 5.41) is 0. The number of amides is 1. The zero-order chi connectivity index (χ0) is 16.8. The highest BCUT2D eigenvalue weighted by Crippen LogP contribution is 2.21. The maximum absolute atomic E-state index is 12.8. The third-order valence-electron chi connectivity index (χ3n) is 4.56. The van der Waals surface area contributed by atoms with Crippen LogP contribution in [0.4, 0.5) is 0 Å². The minimum absolute atomic E-state index is 0.0653. The highest BCUT2D eigenvalue weighted by atomic mass is 16.5. The molecule has 0 N–H and O–H groups in total. The van der Waals surface area contributed by atoms with Crippen molar-refractivity contribution >= 4 is 5.91 Å². The topological polar surface area (TPSA) is 42.0 Å². The van der Waals surface area contributed by atoms with Crippen LogP contribution in [-0.4, -0.2) is 61.1 Å². The van der Waals surface area contributed by atoms with E-state index in [1.165, 1.54) is 0 Å². The number of piperazine rings is 1. The first-order valence-corrected chi connectivity index (χ1v) is 8.82. The molecule has 0 saturated carbocycles. The first-order valence-electron chi connectivity index (χ1n) is 8.82. The van der Waals surface area contributed by atoms with Crippen LogP contribution in [0.25, 0.3) is 0 Å². The number of hydrogen-bond donors (Lipinski definition) is 0. The fourth-order valence-corrected chi connectivity index (χ4v) is 3.24. The molecule has 1 aromatic carbocycles. The van der Waals surface area contributed by atoms with Crippen molar-refractivity contribution in [1.82, 2.24) is 9.80 Å². The summed E-state index contributed by atoms with van der Waals surface area (Å²) < 4.78 is 11.2. The third kappa shape index (κ3) is 4.09. The van der Waals surface area contributed by atoms with Gasteiger partial charge in [-0.1, -0.05) is 12.1 Å². The largest absolute Gasteiger partial charge is 0.497 e. The molecule has 1 atom stereocenters. The van der Waals surface area contributed by atoms with Crippen LogP contribution in [0.1, 0.15) is 30.1 Å². The van der Waals surface area contributed by atoms with Gasteiger partial charge in [-0.15, -0.1) is 0 Å². The van der Waals surface area contributed by atoms with Gasteiger partial charge in [-0.2, -0.15) is 0 Å². The summed E-state index contributed by atoms with van der Waals surface area (Å²) in [4.78, 5) is 17.1. The third-order valence-corrected chi connectivity index (χ3v) is 4.56. The fraction of sp³-hybridized carbons (Fsp3) is 0.526.